The molecule has 4 rings (SSSR count). The fourth-order valence-corrected chi connectivity index (χ4v) is 5.85. The molecule has 0 fully saturated rings. The van der Waals surface area contributed by atoms with Gasteiger partial charge in [-0.15, -0.1) is 11.3 Å². The van der Waals surface area contributed by atoms with E-state index in [1.165, 1.54) is 9.56 Å². The number of anilines is 2. The number of para-hydroxylation sites is 1. The smallest absolute Gasteiger partial charge is 0.274 e. The van der Waals surface area contributed by atoms with Crippen LogP contribution >= 0.6 is 11.3 Å². The lowest BCUT2D eigenvalue weighted by molar-refractivity contribution is 0.101. The Morgan fingerprint density at radius 2 is 1.94 bits per heavy atom. The number of aryl methyl sites for hydroxylation is 2. The monoisotopic (exact) mass is 464 g/mol. The summed E-state index contributed by atoms with van der Waals surface area (Å²) < 4.78 is 1.54. The molecule has 3 aromatic rings. The summed E-state index contributed by atoms with van der Waals surface area (Å²) in [7, 11) is 1.73. The van der Waals surface area contributed by atoms with Crippen molar-refractivity contribution in [2.24, 2.45) is 18.4 Å². The summed E-state index contributed by atoms with van der Waals surface area (Å²) in [5, 5.41) is 10.8. The van der Waals surface area contributed by atoms with Crippen molar-refractivity contribution < 1.29 is 9.59 Å². The highest BCUT2D eigenvalue weighted by Crippen LogP contribution is 2.45. The van der Waals surface area contributed by atoms with Crippen molar-refractivity contribution in [3.63, 3.8) is 0 Å². The molecule has 0 saturated carbocycles. The van der Waals surface area contributed by atoms with E-state index in [0.29, 0.717) is 22.2 Å². The highest BCUT2D eigenvalue weighted by Gasteiger charge is 2.35. The molecule has 1 aliphatic rings. The van der Waals surface area contributed by atoms with Gasteiger partial charge in [-0.3, -0.25) is 14.3 Å². The summed E-state index contributed by atoms with van der Waals surface area (Å²) in [6.07, 6.45) is 5.54. The number of hydrogen-bond acceptors (Lipinski definition) is 4. The lowest BCUT2D eigenvalue weighted by Crippen LogP contribution is -2.29. The van der Waals surface area contributed by atoms with Gasteiger partial charge in [-0.2, -0.15) is 5.10 Å². The first-order chi connectivity index (χ1) is 15.7. The molecule has 1 atom stereocenters. The summed E-state index contributed by atoms with van der Waals surface area (Å²) in [5.74, 6) is 0.126. The molecule has 1 aliphatic carbocycles. The van der Waals surface area contributed by atoms with Crippen LogP contribution in [0, 0.1) is 18.3 Å². The maximum atomic E-state index is 13.5. The zero-order chi connectivity index (χ0) is 23.8. The fourth-order valence-electron chi connectivity index (χ4n) is 4.53. The van der Waals surface area contributed by atoms with Crippen LogP contribution in [0.2, 0.25) is 0 Å². The van der Waals surface area contributed by atoms with Crippen molar-refractivity contribution in [3.05, 3.63) is 63.8 Å². The number of carbonyl (C=O) groups is 2. The van der Waals surface area contributed by atoms with Crippen LogP contribution in [-0.2, 0) is 19.9 Å². The molecule has 33 heavy (non-hydrogen) atoms. The van der Waals surface area contributed by atoms with Crippen LogP contribution in [0.4, 0.5) is 10.7 Å². The van der Waals surface area contributed by atoms with Gasteiger partial charge in [-0.1, -0.05) is 45.4 Å². The third-order valence-corrected chi connectivity index (χ3v) is 8.35. The van der Waals surface area contributed by atoms with Gasteiger partial charge in [0, 0.05) is 23.8 Å². The van der Waals surface area contributed by atoms with Crippen molar-refractivity contribution in [1.82, 2.24) is 9.78 Å². The van der Waals surface area contributed by atoms with Crippen LogP contribution in [0.1, 0.15) is 70.5 Å². The Balaban J connectivity index is 1.70. The minimum atomic E-state index is -0.260. The second kappa shape index (κ2) is 9.14. The molecule has 0 radical (unpaired) electrons. The number of rotatable bonds is 6. The SMILES string of the molecule is CCC(C)(C)[C@H]1CCc2c(sc(NC(=O)c3ccnn3C)c2C(=O)Nc2ccccc2C)C1. The first-order valence-corrected chi connectivity index (χ1v) is 12.3. The molecule has 2 amide bonds. The van der Waals surface area contributed by atoms with Gasteiger partial charge in [0.2, 0.25) is 0 Å². The van der Waals surface area contributed by atoms with Crippen LogP contribution < -0.4 is 10.6 Å². The van der Waals surface area contributed by atoms with Gasteiger partial charge in [0.1, 0.15) is 10.7 Å². The van der Waals surface area contributed by atoms with Crippen molar-refractivity contribution in [2.75, 3.05) is 10.6 Å². The molecule has 2 heterocycles. The van der Waals surface area contributed by atoms with E-state index >= 15 is 0 Å². The van der Waals surface area contributed by atoms with E-state index in [1.54, 1.807) is 30.6 Å². The van der Waals surface area contributed by atoms with E-state index in [1.807, 2.05) is 31.2 Å². The van der Waals surface area contributed by atoms with Gasteiger partial charge in [0.15, 0.2) is 0 Å². The third kappa shape index (κ3) is 4.60. The van der Waals surface area contributed by atoms with Crippen molar-refractivity contribution in [3.8, 4) is 0 Å². The number of nitrogens with one attached hydrogen (secondary N) is 2. The number of benzene rings is 1. The van der Waals surface area contributed by atoms with Crippen LogP contribution in [-0.4, -0.2) is 21.6 Å². The molecule has 174 valence electrons. The summed E-state index contributed by atoms with van der Waals surface area (Å²) in [6.45, 7) is 8.87. The van der Waals surface area contributed by atoms with E-state index in [0.717, 1.165) is 42.5 Å². The Morgan fingerprint density at radius 3 is 2.61 bits per heavy atom. The summed E-state index contributed by atoms with van der Waals surface area (Å²) >= 11 is 1.54. The van der Waals surface area contributed by atoms with Crippen molar-refractivity contribution in [1.29, 1.82) is 0 Å². The van der Waals surface area contributed by atoms with Crippen LogP contribution in [0.5, 0.6) is 0 Å². The molecule has 0 bridgehead atoms. The third-order valence-electron chi connectivity index (χ3n) is 7.18. The van der Waals surface area contributed by atoms with E-state index in [9.17, 15) is 9.59 Å². The lowest BCUT2D eigenvalue weighted by atomic mass is 9.69. The average Bonchev–Trinajstić information content (AvgIpc) is 3.37. The summed E-state index contributed by atoms with van der Waals surface area (Å²) in [5.41, 5.74) is 4.16. The zero-order valence-electron chi connectivity index (χ0n) is 20.0. The molecule has 7 heteroatoms. The Bertz CT molecular complexity index is 1190. The number of carbonyl (C=O) groups excluding carboxylic acids is 2. The Hall–Kier alpha value is -2.93. The Kier molecular flexibility index (Phi) is 6.43. The van der Waals surface area contributed by atoms with Gasteiger partial charge in [-0.05, 0) is 60.8 Å². The molecule has 2 N–H and O–H groups in total. The topological polar surface area (TPSA) is 76.0 Å². The molecule has 1 aromatic carbocycles. The second-order valence-electron chi connectivity index (χ2n) is 9.55. The minimum Gasteiger partial charge on any atom is -0.322 e. The van der Waals surface area contributed by atoms with E-state index in [-0.39, 0.29) is 17.2 Å². The molecule has 0 spiro atoms. The zero-order valence-corrected chi connectivity index (χ0v) is 20.8. The molecular formula is C26H32N4O2S. The molecule has 6 nitrogen and oxygen atoms in total. The minimum absolute atomic E-state index is 0.171. The first kappa shape index (κ1) is 23.2. The van der Waals surface area contributed by atoms with Crippen molar-refractivity contribution >= 4 is 33.8 Å². The number of hydrogen-bond donors (Lipinski definition) is 2. The van der Waals surface area contributed by atoms with E-state index in [4.69, 9.17) is 0 Å². The summed E-state index contributed by atoms with van der Waals surface area (Å²) in [6, 6.07) is 9.41. The van der Waals surface area contributed by atoms with Gasteiger partial charge in [0.25, 0.3) is 11.8 Å². The quantitative estimate of drug-likeness (QED) is 0.481. The van der Waals surface area contributed by atoms with Crippen LogP contribution in [0.25, 0.3) is 0 Å². The second-order valence-corrected chi connectivity index (χ2v) is 10.7. The number of amides is 2. The standard InChI is InChI=1S/C26H32N4O2S/c1-6-26(3,4)17-11-12-18-21(15-17)33-25(29-23(31)20-13-14-27-30(20)5)22(18)24(32)28-19-10-8-7-9-16(19)2/h7-10,13-14,17H,6,11-12,15H2,1-5H3,(H,28,32)(H,29,31)/t17-/m0/s1. The van der Waals surface area contributed by atoms with Gasteiger partial charge < -0.3 is 10.6 Å². The van der Waals surface area contributed by atoms with E-state index < -0.39 is 0 Å². The lowest BCUT2D eigenvalue weighted by Gasteiger charge is -2.36. The maximum Gasteiger partial charge on any atom is 0.274 e. The predicted molar refractivity (Wildman–Crippen MR) is 134 cm³/mol. The fraction of sp³-hybridized carbons (Fsp3) is 0.423. The van der Waals surface area contributed by atoms with Crippen LogP contribution in [0.15, 0.2) is 36.5 Å². The Morgan fingerprint density at radius 1 is 1.18 bits per heavy atom. The largest absolute Gasteiger partial charge is 0.322 e. The maximum absolute atomic E-state index is 13.5. The molecular weight excluding hydrogens is 432 g/mol. The number of aromatic nitrogens is 2. The van der Waals surface area contributed by atoms with Crippen molar-refractivity contribution in [2.45, 2.75) is 53.4 Å². The predicted octanol–water partition coefficient (Wildman–Crippen LogP) is 5.84. The highest BCUT2D eigenvalue weighted by atomic mass is 32.1. The Labute approximate surface area is 199 Å². The van der Waals surface area contributed by atoms with Gasteiger partial charge in [-0.25, -0.2) is 0 Å². The normalized spacial score (nSPS) is 15.7. The van der Waals surface area contributed by atoms with Gasteiger partial charge in [0.05, 0.1) is 5.56 Å². The molecule has 0 saturated heterocycles. The van der Waals surface area contributed by atoms with Gasteiger partial charge >= 0.3 is 0 Å². The average molecular weight is 465 g/mol. The molecule has 0 aliphatic heterocycles. The number of thiophene rings is 1. The molecule has 2 aromatic heterocycles. The van der Waals surface area contributed by atoms with E-state index in [2.05, 4.69) is 36.5 Å². The highest BCUT2D eigenvalue weighted by molar-refractivity contribution is 7.17. The van der Waals surface area contributed by atoms with Crippen LogP contribution in [0.3, 0.4) is 0 Å². The number of fused-ring (bicyclic) bond motifs is 1. The first-order valence-electron chi connectivity index (χ1n) is 11.5. The molecule has 0 unspecified atom stereocenters. The summed E-state index contributed by atoms with van der Waals surface area (Å²) in [4.78, 5) is 27.7. The number of nitrogens with zero attached hydrogens (tertiary/aromatic N) is 2.